The minimum atomic E-state index is -0.996. The summed E-state index contributed by atoms with van der Waals surface area (Å²) in [5.74, 6) is -0.371. The number of aromatic carboxylic acids is 1. The first-order valence-electron chi connectivity index (χ1n) is 9.03. The van der Waals surface area contributed by atoms with Gasteiger partial charge in [0.15, 0.2) is 11.3 Å². The lowest BCUT2D eigenvalue weighted by atomic mass is 10.1. The van der Waals surface area contributed by atoms with E-state index in [1.165, 1.54) is 23.1 Å². The molecule has 0 unspecified atom stereocenters. The number of carbonyl (C=O) groups is 2. The molecule has 0 spiro atoms. The fraction of sp³-hybridized carbons (Fsp3) is 0.0870. The lowest BCUT2D eigenvalue weighted by Gasteiger charge is -2.18. The van der Waals surface area contributed by atoms with Gasteiger partial charge in [-0.3, -0.25) is 4.79 Å². The second kappa shape index (κ2) is 9.67. The average molecular weight is 421 g/mol. The molecular weight excluding hydrogens is 402 g/mol. The van der Waals surface area contributed by atoms with Crippen LogP contribution in [-0.2, 0) is 16.1 Å². The predicted octanol–water partition coefficient (Wildman–Crippen LogP) is 4.62. The summed E-state index contributed by atoms with van der Waals surface area (Å²) in [6.07, 6.45) is 1.47. The van der Waals surface area contributed by atoms with E-state index in [1.807, 2.05) is 30.3 Å². The standard InChI is InChI=1S/C23H19NO5S/c1-24(14-16-5-3-2-4-6-16)22(25)21(28-15-30)13-19-11-12-20(29-19)17-7-9-18(10-8-17)23(26)27/h2-13,15H,14H2,1H3,(H,26,27)/b21-13-. The fourth-order valence-corrected chi connectivity index (χ4v) is 2.91. The molecule has 3 rings (SSSR count). The average Bonchev–Trinajstić information content (AvgIpc) is 3.22. The number of carboxylic acids is 1. The molecule has 1 N–H and O–H groups in total. The van der Waals surface area contributed by atoms with Crippen molar-refractivity contribution in [3.63, 3.8) is 0 Å². The first-order chi connectivity index (χ1) is 14.5. The Balaban J connectivity index is 1.79. The van der Waals surface area contributed by atoms with Gasteiger partial charge in [-0.15, -0.1) is 0 Å². The zero-order valence-corrected chi connectivity index (χ0v) is 17.0. The molecule has 0 saturated carbocycles. The predicted molar refractivity (Wildman–Crippen MR) is 117 cm³/mol. The number of ether oxygens (including phenoxy) is 1. The molecule has 0 bridgehead atoms. The number of hydrogen-bond acceptors (Lipinski definition) is 5. The molecular formula is C23H19NO5S. The van der Waals surface area contributed by atoms with Gasteiger partial charge < -0.3 is 19.2 Å². The van der Waals surface area contributed by atoms with Crippen LogP contribution in [0.15, 0.2) is 76.9 Å². The van der Waals surface area contributed by atoms with Crippen LogP contribution in [-0.4, -0.2) is 34.5 Å². The third kappa shape index (κ3) is 5.21. The quantitative estimate of drug-likeness (QED) is 0.325. The zero-order chi connectivity index (χ0) is 21.5. The SMILES string of the molecule is CN(Cc1ccccc1)C(=O)/C(=C/c1ccc(-c2ccc(C(=O)O)cc2)o1)OC=S. The lowest BCUT2D eigenvalue weighted by molar-refractivity contribution is -0.128. The molecule has 1 aromatic heterocycles. The minimum absolute atomic E-state index is 0.0329. The van der Waals surface area contributed by atoms with E-state index in [2.05, 4.69) is 0 Å². The summed E-state index contributed by atoms with van der Waals surface area (Å²) >= 11 is 4.76. The summed E-state index contributed by atoms with van der Waals surface area (Å²) in [4.78, 5) is 25.3. The molecule has 3 aromatic rings. The number of hydrogen-bond donors (Lipinski definition) is 1. The first kappa shape index (κ1) is 21.0. The van der Waals surface area contributed by atoms with Crippen LogP contribution in [0.5, 0.6) is 0 Å². The van der Waals surface area contributed by atoms with Gasteiger partial charge in [0.2, 0.25) is 0 Å². The Morgan fingerprint density at radius 1 is 1.07 bits per heavy atom. The summed E-state index contributed by atoms with van der Waals surface area (Å²) in [5, 5.41) is 9.00. The molecule has 6 nitrogen and oxygen atoms in total. The van der Waals surface area contributed by atoms with Crippen molar-refractivity contribution >= 4 is 35.7 Å². The molecule has 0 aliphatic carbocycles. The topological polar surface area (TPSA) is 80.0 Å². The molecule has 0 atom stereocenters. The van der Waals surface area contributed by atoms with E-state index in [0.29, 0.717) is 23.6 Å². The van der Waals surface area contributed by atoms with Crippen LogP contribution < -0.4 is 0 Å². The van der Waals surface area contributed by atoms with Crippen LogP contribution in [0.1, 0.15) is 21.7 Å². The maximum atomic E-state index is 12.8. The van der Waals surface area contributed by atoms with Crippen LogP contribution in [0.2, 0.25) is 0 Å². The summed E-state index contributed by atoms with van der Waals surface area (Å²) in [5.41, 5.74) is 2.91. The Labute approximate surface area is 179 Å². The van der Waals surface area contributed by atoms with Crippen molar-refractivity contribution in [2.24, 2.45) is 0 Å². The van der Waals surface area contributed by atoms with Crippen molar-refractivity contribution in [1.82, 2.24) is 4.90 Å². The first-order valence-corrected chi connectivity index (χ1v) is 9.50. The van der Waals surface area contributed by atoms with Crippen molar-refractivity contribution < 1.29 is 23.8 Å². The largest absolute Gasteiger partial charge is 0.478 e. The van der Waals surface area contributed by atoms with Crippen LogP contribution in [0.3, 0.4) is 0 Å². The van der Waals surface area contributed by atoms with Gasteiger partial charge in [-0.2, -0.15) is 0 Å². The van der Waals surface area contributed by atoms with E-state index in [9.17, 15) is 9.59 Å². The molecule has 30 heavy (non-hydrogen) atoms. The molecule has 0 aliphatic heterocycles. The number of rotatable bonds is 8. The van der Waals surface area contributed by atoms with Crippen molar-refractivity contribution in [3.8, 4) is 11.3 Å². The van der Waals surface area contributed by atoms with Gasteiger partial charge in [0.1, 0.15) is 11.5 Å². The highest BCUT2D eigenvalue weighted by Crippen LogP contribution is 2.24. The molecule has 2 aromatic carbocycles. The number of furan rings is 1. The Morgan fingerprint density at radius 2 is 1.77 bits per heavy atom. The molecule has 0 fully saturated rings. The monoisotopic (exact) mass is 421 g/mol. The number of carboxylic acid groups (broad SMARTS) is 1. The Hall–Kier alpha value is -3.71. The fourth-order valence-electron chi connectivity index (χ4n) is 2.81. The second-order valence-corrected chi connectivity index (χ2v) is 6.65. The van der Waals surface area contributed by atoms with Crippen LogP contribution in [0.25, 0.3) is 17.4 Å². The van der Waals surface area contributed by atoms with Crippen LogP contribution in [0, 0.1) is 0 Å². The Morgan fingerprint density at radius 3 is 2.40 bits per heavy atom. The van der Waals surface area contributed by atoms with Crippen molar-refractivity contribution in [1.29, 1.82) is 0 Å². The van der Waals surface area contributed by atoms with Gasteiger partial charge in [-0.1, -0.05) is 42.5 Å². The number of amides is 1. The summed E-state index contributed by atoms with van der Waals surface area (Å²) in [6, 6.07) is 19.3. The highest BCUT2D eigenvalue weighted by molar-refractivity contribution is 7.78. The molecule has 0 radical (unpaired) electrons. The van der Waals surface area contributed by atoms with E-state index in [-0.39, 0.29) is 17.2 Å². The lowest BCUT2D eigenvalue weighted by Crippen LogP contribution is -2.28. The van der Waals surface area contributed by atoms with Gasteiger partial charge in [0.05, 0.1) is 5.56 Å². The molecule has 7 heteroatoms. The van der Waals surface area contributed by atoms with Gasteiger partial charge in [-0.25, -0.2) is 4.79 Å². The van der Waals surface area contributed by atoms with Crippen molar-refractivity contribution in [3.05, 3.63) is 89.4 Å². The van der Waals surface area contributed by atoms with Crippen molar-refractivity contribution in [2.75, 3.05) is 7.05 Å². The third-order valence-electron chi connectivity index (χ3n) is 4.31. The number of benzene rings is 2. The Kier molecular flexibility index (Phi) is 6.77. The number of carbonyl (C=O) groups excluding carboxylic acids is 1. The van der Waals surface area contributed by atoms with E-state index in [1.54, 1.807) is 31.3 Å². The van der Waals surface area contributed by atoms with E-state index in [4.69, 9.17) is 26.5 Å². The molecule has 0 saturated heterocycles. The third-order valence-corrected chi connectivity index (χ3v) is 4.41. The maximum Gasteiger partial charge on any atom is 0.335 e. The van der Waals surface area contributed by atoms with E-state index >= 15 is 0 Å². The molecule has 0 aliphatic rings. The molecule has 1 amide bonds. The highest BCUT2D eigenvalue weighted by atomic mass is 32.1. The number of thiocarbonyl (C=S) groups is 1. The van der Waals surface area contributed by atoms with E-state index < -0.39 is 5.97 Å². The minimum Gasteiger partial charge on any atom is -0.478 e. The smallest absolute Gasteiger partial charge is 0.335 e. The zero-order valence-electron chi connectivity index (χ0n) is 16.1. The summed E-state index contributed by atoms with van der Waals surface area (Å²) < 4.78 is 11.0. The van der Waals surface area contributed by atoms with Crippen LogP contribution in [0.4, 0.5) is 0 Å². The number of nitrogens with zero attached hydrogens (tertiary/aromatic N) is 1. The normalized spacial score (nSPS) is 11.0. The van der Waals surface area contributed by atoms with Gasteiger partial charge in [0, 0.05) is 25.2 Å². The summed E-state index contributed by atoms with van der Waals surface area (Å²) in [6.45, 7) is 0.414. The highest BCUT2D eigenvalue weighted by Gasteiger charge is 2.18. The van der Waals surface area contributed by atoms with Gasteiger partial charge >= 0.3 is 5.97 Å². The number of likely N-dealkylation sites (N-methyl/N-ethyl adjacent to an activating group) is 1. The van der Waals surface area contributed by atoms with Crippen molar-refractivity contribution in [2.45, 2.75) is 6.54 Å². The molecule has 1 heterocycles. The maximum absolute atomic E-state index is 12.8. The Bertz CT molecular complexity index is 1070. The molecule has 152 valence electrons. The second-order valence-electron chi connectivity index (χ2n) is 6.45. The van der Waals surface area contributed by atoms with Gasteiger partial charge in [-0.05, 0) is 42.0 Å². The summed E-state index contributed by atoms with van der Waals surface area (Å²) in [7, 11) is 1.67. The van der Waals surface area contributed by atoms with Crippen LogP contribution >= 0.6 is 12.2 Å². The van der Waals surface area contributed by atoms with E-state index in [0.717, 1.165) is 11.1 Å². The van der Waals surface area contributed by atoms with Gasteiger partial charge in [0.25, 0.3) is 5.91 Å².